The molecule has 1 atom stereocenters. The summed E-state index contributed by atoms with van der Waals surface area (Å²) in [7, 11) is -0.978. The van der Waals surface area contributed by atoms with E-state index < -0.39 is 10.8 Å². The quantitative estimate of drug-likeness (QED) is 0.794. The fourth-order valence-electron chi connectivity index (χ4n) is 1.47. The minimum atomic E-state index is -0.978. The van der Waals surface area contributed by atoms with Gasteiger partial charge >= 0.3 is 0 Å². The van der Waals surface area contributed by atoms with Gasteiger partial charge in [-0.2, -0.15) is 5.26 Å². The summed E-state index contributed by atoms with van der Waals surface area (Å²) >= 11 is 1.52. The van der Waals surface area contributed by atoms with Crippen molar-refractivity contribution in [2.45, 2.75) is 9.92 Å². The van der Waals surface area contributed by atoms with Crippen molar-refractivity contribution in [3.8, 4) is 6.07 Å². The molecule has 0 aliphatic heterocycles. The Morgan fingerprint density at radius 3 is 2.79 bits per heavy atom. The maximum atomic E-state index is 12.0. The van der Waals surface area contributed by atoms with Crippen LogP contribution in [0.2, 0.25) is 0 Å². The van der Waals surface area contributed by atoms with Crippen LogP contribution < -0.4 is 0 Å². The van der Waals surface area contributed by atoms with E-state index in [0.717, 1.165) is 9.92 Å². The smallest absolute Gasteiger partial charge is 0.0993 e. The fourth-order valence-corrected chi connectivity index (χ4v) is 3.66. The molecule has 0 radical (unpaired) electrons. The third-order valence-corrected chi connectivity index (χ3v) is 4.95. The van der Waals surface area contributed by atoms with Crippen molar-refractivity contribution in [1.29, 1.82) is 5.26 Å². The summed E-state index contributed by atoms with van der Waals surface area (Å²) in [5, 5.41) is 9.58. The number of pyridine rings is 1. The molecule has 2 rings (SSSR count). The predicted octanol–water partition coefficient (Wildman–Crippen LogP) is 2.85. The first kappa shape index (κ1) is 13.8. The van der Waals surface area contributed by atoms with Gasteiger partial charge in [-0.15, -0.1) is 11.8 Å². The molecule has 2 aromatic rings. The standard InChI is InChI=1S/C14H12N2OS2/c15-11-12-6-7-16-14(10-12)18-8-9-19(17)13-4-2-1-3-5-13/h1-7,10H,8-9H2. The van der Waals surface area contributed by atoms with E-state index in [0.29, 0.717) is 17.1 Å². The highest BCUT2D eigenvalue weighted by atomic mass is 32.2. The maximum Gasteiger partial charge on any atom is 0.0993 e. The van der Waals surface area contributed by atoms with Gasteiger partial charge < -0.3 is 0 Å². The summed E-state index contributed by atoms with van der Waals surface area (Å²) in [6, 6.07) is 14.9. The molecule has 0 fully saturated rings. The molecule has 0 saturated heterocycles. The minimum absolute atomic E-state index is 0.577. The lowest BCUT2D eigenvalue weighted by Crippen LogP contribution is -2.00. The number of nitriles is 1. The predicted molar refractivity (Wildman–Crippen MR) is 77.4 cm³/mol. The molecular weight excluding hydrogens is 276 g/mol. The zero-order valence-corrected chi connectivity index (χ0v) is 11.8. The molecule has 0 saturated carbocycles. The average molecular weight is 288 g/mol. The number of rotatable bonds is 5. The summed E-state index contributed by atoms with van der Waals surface area (Å²) in [4.78, 5) is 5.02. The monoisotopic (exact) mass is 288 g/mol. The molecule has 1 aromatic heterocycles. The van der Waals surface area contributed by atoms with Crippen molar-refractivity contribution in [3.63, 3.8) is 0 Å². The number of nitrogens with zero attached hydrogens (tertiary/aromatic N) is 2. The van der Waals surface area contributed by atoms with Gasteiger partial charge in [-0.25, -0.2) is 4.98 Å². The molecular formula is C14H12N2OS2. The largest absolute Gasteiger partial charge is 0.254 e. The van der Waals surface area contributed by atoms with E-state index in [1.807, 2.05) is 30.3 Å². The van der Waals surface area contributed by atoms with Crippen molar-refractivity contribution >= 4 is 22.6 Å². The van der Waals surface area contributed by atoms with Crippen LogP contribution in [0.4, 0.5) is 0 Å². The van der Waals surface area contributed by atoms with Crippen LogP contribution in [-0.4, -0.2) is 20.7 Å². The van der Waals surface area contributed by atoms with Crippen LogP contribution in [0.15, 0.2) is 58.6 Å². The average Bonchev–Trinajstić information content (AvgIpc) is 2.48. The lowest BCUT2D eigenvalue weighted by molar-refractivity contribution is 0.684. The normalized spacial score (nSPS) is 11.7. The van der Waals surface area contributed by atoms with Gasteiger partial charge in [-0.3, -0.25) is 4.21 Å². The summed E-state index contributed by atoms with van der Waals surface area (Å²) in [5.41, 5.74) is 0.599. The van der Waals surface area contributed by atoms with E-state index >= 15 is 0 Å². The van der Waals surface area contributed by atoms with Gasteiger partial charge in [0.25, 0.3) is 0 Å². The van der Waals surface area contributed by atoms with Gasteiger partial charge in [0.1, 0.15) is 0 Å². The topological polar surface area (TPSA) is 53.8 Å². The van der Waals surface area contributed by atoms with Gasteiger partial charge in [0.05, 0.1) is 27.5 Å². The first-order valence-electron chi connectivity index (χ1n) is 5.72. The van der Waals surface area contributed by atoms with Crippen LogP contribution in [0.1, 0.15) is 5.56 Å². The second-order valence-electron chi connectivity index (χ2n) is 3.71. The van der Waals surface area contributed by atoms with E-state index in [9.17, 15) is 4.21 Å². The van der Waals surface area contributed by atoms with E-state index in [4.69, 9.17) is 5.26 Å². The molecule has 0 aliphatic carbocycles. The van der Waals surface area contributed by atoms with Crippen molar-refractivity contribution < 1.29 is 4.21 Å². The van der Waals surface area contributed by atoms with Crippen LogP contribution in [0, 0.1) is 11.3 Å². The molecule has 0 amide bonds. The first-order chi connectivity index (χ1) is 9.29. The molecule has 0 aliphatic rings. The van der Waals surface area contributed by atoms with Gasteiger partial charge in [0.15, 0.2) is 0 Å². The van der Waals surface area contributed by atoms with Crippen molar-refractivity contribution in [3.05, 3.63) is 54.2 Å². The third-order valence-electron chi connectivity index (χ3n) is 2.39. The van der Waals surface area contributed by atoms with Gasteiger partial charge in [0, 0.05) is 22.6 Å². The molecule has 1 aromatic carbocycles. The van der Waals surface area contributed by atoms with Crippen LogP contribution in [0.3, 0.4) is 0 Å². The van der Waals surface area contributed by atoms with Crippen LogP contribution in [0.25, 0.3) is 0 Å². The van der Waals surface area contributed by atoms with Crippen molar-refractivity contribution in [2.24, 2.45) is 0 Å². The molecule has 3 nitrogen and oxygen atoms in total. The second-order valence-corrected chi connectivity index (χ2v) is 6.39. The zero-order valence-electron chi connectivity index (χ0n) is 10.2. The Morgan fingerprint density at radius 1 is 1.26 bits per heavy atom. The first-order valence-corrected chi connectivity index (χ1v) is 8.02. The van der Waals surface area contributed by atoms with Crippen molar-refractivity contribution in [2.75, 3.05) is 11.5 Å². The molecule has 0 spiro atoms. The van der Waals surface area contributed by atoms with E-state index in [2.05, 4.69) is 11.1 Å². The van der Waals surface area contributed by atoms with E-state index in [1.54, 1.807) is 18.3 Å². The van der Waals surface area contributed by atoms with E-state index in [1.165, 1.54) is 11.8 Å². The Bertz CT molecular complexity index is 608. The number of hydrogen-bond acceptors (Lipinski definition) is 4. The highest BCUT2D eigenvalue weighted by Crippen LogP contribution is 2.17. The minimum Gasteiger partial charge on any atom is -0.254 e. The zero-order chi connectivity index (χ0) is 13.5. The van der Waals surface area contributed by atoms with Gasteiger partial charge in [-0.1, -0.05) is 18.2 Å². The number of thioether (sulfide) groups is 1. The Morgan fingerprint density at radius 2 is 2.05 bits per heavy atom. The lowest BCUT2D eigenvalue weighted by atomic mass is 10.3. The highest BCUT2D eigenvalue weighted by molar-refractivity contribution is 8.00. The number of aromatic nitrogens is 1. The Hall–Kier alpha value is -1.64. The molecule has 1 heterocycles. The molecule has 19 heavy (non-hydrogen) atoms. The van der Waals surface area contributed by atoms with Crippen LogP contribution >= 0.6 is 11.8 Å². The highest BCUT2D eigenvalue weighted by Gasteiger charge is 2.04. The Labute approximate surface area is 119 Å². The molecule has 5 heteroatoms. The Balaban J connectivity index is 1.87. The molecule has 0 bridgehead atoms. The number of hydrogen-bond donors (Lipinski definition) is 0. The van der Waals surface area contributed by atoms with Crippen molar-refractivity contribution in [1.82, 2.24) is 4.98 Å². The summed E-state index contributed by atoms with van der Waals surface area (Å²) in [6.45, 7) is 0. The second kappa shape index (κ2) is 7.07. The molecule has 96 valence electrons. The SMILES string of the molecule is N#Cc1ccnc(SCCS(=O)c2ccccc2)c1. The molecule has 1 unspecified atom stereocenters. The number of benzene rings is 1. The fraction of sp³-hybridized carbons (Fsp3) is 0.143. The van der Waals surface area contributed by atoms with Crippen LogP contribution in [0.5, 0.6) is 0 Å². The summed E-state index contributed by atoms with van der Waals surface area (Å²) in [5.74, 6) is 1.29. The summed E-state index contributed by atoms with van der Waals surface area (Å²) in [6.07, 6.45) is 1.62. The van der Waals surface area contributed by atoms with E-state index in [-0.39, 0.29) is 0 Å². The van der Waals surface area contributed by atoms with Gasteiger partial charge in [0.2, 0.25) is 0 Å². The Kier molecular flexibility index (Phi) is 5.13. The maximum absolute atomic E-state index is 12.0. The van der Waals surface area contributed by atoms with Gasteiger partial charge in [-0.05, 0) is 24.3 Å². The lowest BCUT2D eigenvalue weighted by Gasteiger charge is -2.02. The summed E-state index contributed by atoms with van der Waals surface area (Å²) < 4.78 is 12.0. The van der Waals surface area contributed by atoms with Crippen LogP contribution in [-0.2, 0) is 10.8 Å². The molecule has 0 N–H and O–H groups in total. The third kappa shape index (κ3) is 4.19.